The van der Waals surface area contributed by atoms with Crippen LogP contribution in [0.2, 0.25) is 0 Å². The third-order valence-corrected chi connectivity index (χ3v) is 3.94. The van der Waals surface area contributed by atoms with E-state index in [2.05, 4.69) is 29.6 Å². The maximum Gasteiger partial charge on any atom is 0.123 e. The number of rotatable bonds is 7. The summed E-state index contributed by atoms with van der Waals surface area (Å²) in [6, 6.07) is 20.9. The molecule has 0 fully saturated rings. The van der Waals surface area contributed by atoms with Gasteiger partial charge in [-0.2, -0.15) is 0 Å². The number of hydrogen-bond donors (Lipinski definition) is 1. The molecule has 0 amide bonds. The number of hydrogen-bond acceptors (Lipinski definition) is 2. The first-order chi connectivity index (χ1) is 11.3. The van der Waals surface area contributed by atoms with E-state index in [-0.39, 0.29) is 11.7 Å². The first-order valence-corrected chi connectivity index (χ1v) is 7.86. The van der Waals surface area contributed by atoms with E-state index in [4.69, 9.17) is 4.42 Å². The fourth-order valence-corrected chi connectivity index (χ4v) is 2.73. The second-order valence-electron chi connectivity index (χ2n) is 5.57. The minimum absolute atomic E-state index is 0.198. The molecule has 3 rings (SSSR count). The molecule has 3 aromatic rings. The van der Waals surface area contributed by atoms with Crippen molar-refractivity contribution in [3.05, 3.63) is 95.7 Å². The van der Waals surface area contributed by atoms with Crippen LogP contribution in [-0.2, 0) is 6.54 Å². The van der Waals surface area contributed by atoms with Gasteiger partial charge in [-0.3, -0.25) is 0 Å². The smallest absolute Gasteiger partial charge is 0.123 e. The van der Waals surface area contributed by atoms with Crippen molar-refractivity contribution < 1.29 is 8.81 Å². The molecule has 0 bridgehead atoms. The van der Waals surface area contributed by atoms with Gasteiger partial charge in [-0.05, 0) is 48.4 Å². The standard InChI is InChI=1S/C20H20FNO/c21-18-10-8-16(9-11-18)15-22-13-12-19(20-7-4-14-23-20)17-5-2-1-3-6-17/h1-11,14,19,22H,12-13,15H2/t19-/m1/s1. The zero-order valence-corrected chi connectivity index (χ0v) is 12.9. The SMILES string of the molecule is Fc1ccc(CNCC[C@H](c2ccccc2)c2ccco2)cc1. The van der Waals surface area contributed by atoms with E-state index in [0.717, 1.165) is 30.8 Å². The Hall–Kier alpha value is -2.39. The van der Waals surface area contributed by atoms with Gasteiger partial charge in [0.15, 0.2) is 0 Å². The molecule has 0 aliphatic carbocycles. The van der Waals surface area contributed by atoms with E-state index < -0.39 is 0 Å². The normalized spacial score (nSPS) is 12.2. The maximum atomic E-state index is 12.9. The van der Waals surface area contributed by atoms with Gasteiger partial charge in [-0.1, -0.05) is 42.5 Å². The molecule has 1 atom stereocenters. The van der Waals surface area contributed by atoms with Gasteiger partial charge < -0.3 is 9.73 Å². The van der Waals surface area contributed by atoms with Crippen LogP contribution >= 0.6 is 0 Å². The molecule has 1 N–H and O–H groups in total. The highest BCUT2D eigenvalue weighted by Gasteiger charge is 2.16. The van der Waals surface area contributed by atoms with Crippen LogP contribution in [0.4, 0.5) is 4.39 Å². The molecule has 0 aliphatic rings. The molecule has 1 heterocycles. The monoisotopic (exact) mass is 309 g/mol. The number of furan rings is 1. The molecule has 3 heteroatoms. The predicted molar refractivity (Wildman–Crippen MR) is 89.7 cm³/mol. The highest BCUT2D eigenvalue weighted by molar-refractivity contribution is 5.27. The molecule has 0 saturated carbocycles. The predicted octanol–water partition coefficient (Wildman–Crippen LogP) is 4.73. The van der Waals surface area contributed by atoms with Crippen LogP contribution in [0.15, 0.2) is 77.4 Å². The van der Waals surface area contributed by atoms with E-state index in [9.17, 15) is 4.39 Å². The highest BCUT2D eigenvalue weighted by atomic mass is 19.1. The first-order valence-electron chi connectivity index (χ1n) is 7.86. The van der Waals surface area contributed by atoms with Crippen molar-refractivity contribution in [3.63, 3.8) is 0 Å². The molecular formula is C20H20FNO. The van der Waals surface area contributed by atoms with E-state index in [1.54, 1.807) is 6.26 Å². The lowest BCUT2D eigenvalue weighted by atomic mass is 9.93. The van der Waals surface area contributed by atoms with Crippen LogP contribution in [0.25, 0.3) is 0 Å². The number of nitrogens with one attached hydrogen (secondary N) is 1. The average molecular weight is 309 g/mol. The molecular weight excluding hydrogens is 289 g/mol. The summed E-state index contributed by atoms with van der Waals surface area (Å²) in [6.07, 6.45) is 2.66. The van der Waals surface area contributed by atoms with Crippen molar-refractivity contribution in [3.8, 4) is 0 Å². The number of benzene rings is 2. The van der Waals surface area contributed by atoms with Gasteiger partial charge in [0.25, 0.3) is 0 Å². The molecule has 0 unspecified atom stereocenters. The Balaban J connectivity index is 1.58. The molecule has 1 aromatic heterocycles. The summed E-state index contributed by atoms with van der Waals surface area (Å²) >= 11 is 0. The Kier molecular flexibility index (Phi) is 5.22. The van der Waals surface area contributed by atoms with Gasteiger partial charge in [-0.15, -0.1) is 0 Å². The molecule has 2 aromatic carbocycles. The van der Waals surface area contributed by atoms with E-state index in [1.165, 1.54) is 17.7 Å². The fourth-order valence-electron chi connectivity index (χ4n) is 2.73. The molecule has 0 radical (unpaired) electrons. The van der Waals surface area contributed by atoms with E-state index >= 15 is 0 Å². The van der Waals surface area contributed by atoms with Crippen LogP contribution < -0.4 is 5.32 Å². The molecule has 0 saturated heterocycles. The lowest BCUT2D eigenvalue weighted by molar-refractivity contribution is 0.466. The van der Waals surface area contributed by atoms with Crippen molar-refractivity contribution in [1.29, 1.82) is 0 Å². The second-order valence-corrected chi connectivity index (χ2v) is 5.57. The Labute approximate surface area is 136 Å². The van der Waals surface area contributed by atoms with Crippen LogP contribution in [0.3, 0.4) is 0 Å². The van der Waals surface area contributed by atoms with Crippen LogP contribution in [0.1, 0.15) is 29.2 Å². The third-order valence-electron chi connectivity index (χ3n) is 3.94. The summed E-state index contributed by atoms with van der Waals surface area (Å²) in [4.78, 5) is 0. The zero-order valence-electron chi connectivity index (χ0n) is 12.9. The Morgan fingerprint density at radius 2 is 1.70 bits per heavy atom. The molecule has 0 aliphatic heterocycles. The maximum absolute atomic E-state index is 12.9. The van der Waals surface area contributed by atoms with Gasteiger partial charge in [0.05, 0.1) is 6.26 Å². The van der Waals surface area contributed by atoms with Crippen molar-refractivity contribution in [2.45, 2.75) is 18.9 Å². The Morgan fingerprint density at radius 3 is 2.39 bits per heavy atom. The minimum atomic E-state index is -0.198. The fraction of sp³-hybridized carbons (Fsp3) is 0.200. The largest absolute Gasteiger partial charge is 0.469 e. The minimum Gasteiger partial charge on any atom is -0.469 e. The summed E-state index contributed by atoms with van der Waals surface area (Å²) in [5, 5.41) is 3.42. The van der Waals surface area contributed by atoms with Gasteiger partial charge in [0.2, 0.25) is 0 Å². The molecule has 118 valence electrons. The van der Waals surface area contributed by atoms with E-state index in [0.29, 0.717) is 0 Å². The highest BCUT2D eigenvalue weighted by Crippen LogP contribution is 2.27. The average Bonchev–Trinajstić information content (AvgIpc) is 3.11. The topological polar surface area (TPSA) is 25.2 Å². The summed E-state index contributed by atoms with van der Waals surface area (Å²) in [5.41, 5.74) is 2.34. The van der Waals surface area contributed by atoms with Crippen molar-refractivity contribution in [1.82, 2.24) is 5.32 Å². The summed E-state index contributed by atoms with van der Waals surface area (Å²) in [6.45, 7) is 1.59. The van der Waals surface area contributed by atoms with Crippen LogP contribution in [0, 0.1) is 5.82 Å². The molecule has 0 spiro atoms. The number of halogens is 1. The molecule has 2 nitrogen and oxygen atoms in total. The van der Waals surface area contributed by atoms with Gasteiger partial charge in [-0.25, -0.2) is 4.39 Å². The van der Waals surface area contributed by atoms with Crippen molar-refractivity contribution in [2.24, 2.45) is 0 Å². The summed E-state index contributed by atoms with van der Waals surface area (Å²) < 4.78 is 18.5. The quantitative estimate of drug-likeness (QED) is 0.638. The molecule has 23 heavy (non-hydrogen) atoms. The van der Waals surface area contributed by atoms with Gasteiger partial charge >= 0.3 is 0 Å². The van der Waals surface area contributed by atoms with Crippen molar-refractivity contribution >= 4 is 0 Å². The summed E-state index contributed by atoms with van der Waals surface area (Å²) in [5.74, 6) is 1.03. The lowest BCUT2D eigenvalue weighted by Gasteiger charge is -2.15. The van der Waals surface area contributed by atoms with E-state index in [1.807, 2.05) is 30.3 Å². The summed E-state index contributed by atoms with van der Waals surface area (Å²) in [7, 11) is 0. The Morgan fingerprint density at radius 1 is 0.913 bits per heavy atom. The zero-order chi connectivity index (χ0) is 15.9. The first kappa shape index (κ1) is 15.5. The second kappa shape index (κ2) is 7.75. The van der Waals surface area contributed by atoms with Crippen LogP contribution in [0.5, 0.6) is 0 Å². The van der Waals surface area contributed by atoms with Crippen LogP contribution in [-0.4, -0.2) is 6.54 Å². The van der Waals surface area contributed by atoms with Crippen molar-refractivity contribution in [2.75, 3.05) is 6.54 Å². The van der Waals surface area contributed by atoms with Gasteiger partial charge in [0, 0.05) is 12.5 Å². The Bertz CT molecular complexity index is 692. The lowest BCUT2D eigenvalue weighted by Crippen LogP contribution is -2.17. The third kappa shape index (κ3) is 4.30. The van der Waals surface area contributed by atoms with Gasteiger partial charge in [0.1, 0.15) is 11.6 Å².